The van der Waals surface area contributed by atoms with Crippen molar-refractivity contribution in [1.82, 2.24) is 0 Å². The first-order chi connectivity index (χ1) is 9.63. The van der Waals surface area contributed by atoms with E-state index in [4.69, 9.17) is 0 Å². The van der Waals surface area contributed by atoms with E-state index in [-0.39, 0.29) is 6.04 Å². The number of hydrogen-bond acceptors (Lipinski definition) is 1. The summed E-state index contributed by atoms with van der Waals surface area (Å²) in [7, 11) is 0. The molecule has 0 bridgehead atoms. The van der Waals surface area contributed by atoms with Gasteiger partial charge in [-0.25, -0.2) is 8.78 Å². The van der Waals surface area contributed by atoms with Gasteiger partial charge in [-0.2, -0.15) is 0 Å². The predicted octanol–water partition coefficient (Wildman–Crippen LogP) is 4.18. The van der Waals surface area contributed by atoms with Crippen LogP contribution < -0.4 is 5.32 Å². The molecular weight excluding hydrogens is 256 g/mol. The van der Waals surface area contributed by atoms with Gasteiger partial charge < -0.3 is 5.32 Å². The molecule has 0 aromatic heterocycles. The molecule has 0 saturated heterocycles. The Labute approximate surface area is 117 Å². The summed E-state index contributed by atoms with van der Waals surface area (Å²) in [6, 6.07) is 12.2. The Bertz CT molecular complexity index is 624. The van der Waals surface area contributed by atoms with Gasteiger partial charge in [0.1, 0.15) is 11.6 Å². The van der Waals surface area contributed by atoms with Crippen molar-refractivity contribution in [2.24, 2.45) is 5.92 Å². The van der Waals surface area contributed by atoms with Crippen molar-refractivity contribution in [1.29, 1.82) is 0 Å². The third-order valence-corrected chi connectivity index (χ3v) is 4.04. The molecule has 2 unspecified atom stereocenters. The first kappa shape index (κ1) is 13.1. The highest BCUT2D eigenvalue weighted by Crippen LogP contribution is 2.30. The van der Waals surface area contributed by atoms with Crippen LogP contribution >= 0.6 is 0 Å². The highest BCUT2D eigenvalue weighted by Gasteiger charge is 2.25. The van der Waals surface area contributed by atoms with Gasteiger partial charge in [0.25, 0.3) is 0 Å². The number of halogens is 2. The van der Waals surface area contributed by atoms with Gasteiger partial charge in [-0.3, -0.25) is 0 Å². The van der Waals surface area contributed by atoms with Crippen LogP contribution in [0, 0.1) is 17.6 Å². The SMILES string of the molecule is CC1Cc2ccccc2NC1Cc1ccc(F)cc1F. The van der Waals surface area contributed by atoms with E-state index in [2.05, 4.69) is 24.4 Å². The van der Waals surface area contributed by atoms with Gasteiger partial charge in [0.2, 0.25) is 0 Å². The largest absolute Gasteiger partial charge is 0.381 e. The molecule has 0 fully saturated rings. The Hall–Kier alpha value is -1.90. The summed E-state index contributed by atoms with van der Waals surface area (Å²) in [5, 5.41) is 3.48. The Morgan fingerprint density at radius 3 is 2.75 bits per heavy atom. The second kappa shape index (κ2) is 5.23. The van der Waals surface area contributed by atoms with Crippen LogP contribution in [-0.4, -0.2) is 6.04 Å². The van der Waals surface area contributed by atoms with Crippen molar-refractivity contribution in [3.8, 4) is 0 Å². The lowest BCUT2D eigenvalue weighted by atomic mass is 9.85. The summed E-state index contributed by atoms with van der Waals surface area (Å²) in [6.45, 7) is 2.16. The van der Waals surface area contributed by atoms with Crippen LogP contribution in [0.15, 0.2) is 42.5 Å². The molecule has 2 aromatic carbocycles. The fourth-order valence-corrected chi connectivity index (χ4v) is 2.85. The van der Waals surface area contributed by atoms with E-state index in [1.165, 1.54) is 11.6 Å². The van der Waals surface area contributed by atoms with E-state index in [0.717, 1.165) is 18.2 Å². The molecule has 0 spiro atoms. The molecule has 2 atom stereocenters. The van der Waals surface area contributed by atoms with Gasteiger partial charge in [-0.15, -0.1) is 0 Å². The van der Waals surface area contributed by atoms with E-state index >= 15 is 0 Å². The number of hydrogen-bond donors (Lipinski definition) is 1. The van der Waals surface area contributed by atoms with Crippen molar-refractivity contribution in [2.75, 3.05) is 5.32 Å². The predicted molar refractivity (Wildman–Crippen MR) is 76.8 cm³/mol. The van der Waals surface area contributed by atoms with Crippen molar-refractivity contribution >= 4 is 5.69 Å². The molecule has 0 saturated carbocycles. The van der Waals surface area contributed by atoms with Crippen molar-refractivity contribution in [3.63, 3.8) is 0 Å². The zero-order valence-corrected chi connectivity index (χ0v) is 11.4. The van der Waals surface area contributed by atoms with Crippen molar-refractivity contribution in [2.45, 2.75) is 25.8 Å². The number of anilines is 1. The summed E-state index contributed by atoms with van der Waals surface area (Å²) in [5.41, 5.74) is 2.99. The second-order valence-electron chi connectivity index (χ2n) is 5.53. The third-order valence-electron chi connectivity index (χ3n) is 4.04. The van der Waals surface area contributed by atoms with Gasteiger partial charge in [0, 0.05) is 17.8 Å². The standard InChI is InChI=1S/C17H17F2N/c1-11-8-13-4-2-3-5-16(13)20-17(11)9-12-6-7-14(18)10-15(12)19/h2-7,10-11,17,20H,8-9H2,1H3. The van der Waals surface area contributed by atoms with Gasteiger partial charge in [0.15, 0.2) is 0 Å². The average molecular weight is 273 g/mol. The van der Waals surface area contributed by atoms with Crippen LogP contribution in [0.5, 0.6) is 0 Å². The number of benzene rings is 2. The molecular formula is C17H17F2N. The maximum Gasteiger partial charge on any atom is 0.129 e. The van der Waals surface area contributed by atoms with E-state index in [9.17, 15) is 8.78 Å². The lowest BCUT2D eigenvalue weighted by Gasteiger charge is -2.33. The minimum absolute atomic E-state index is 0.171. The van der Waals surface area contributed by atoms with E-state index < -0.39 is 11.6 Å². The smallest absolute Gasteiger partial charge is 0.129 e. The lowest BCUT2D eigenvalue weighted by Crippen LogP contribution is -2.35. The number of para-hydroxylation sites is 1. The molecule has 104 valence electrons. The van der Waals surface area contributed by atoms with Crippen LogP contribution in [0.1, 0.15) is 18.1 Å². The van der Waals surface area contributed by atoms with E-state index in [1.54, 1.807) is 6.07 Å². The van der Waals surface area contributed by atoms with Crippen LogP contribution in [0.2, 0.25) is 0 Å². The zero-order valence-electron chi connectivity index (χ0n) is 11.4. The summed E-state index contributed by atoms with van der Waals surface area (Å²) in [6.07, 6.45) is 1.55. The zero-order chi connectivity index (χ0) is 14.1. The Morgan fingerprint density at radius 1 is 1.15 bits per heavy atom. The van der Waals surface area contributed by atoms with Gasteiger partial charge in [-0.05, 0) is 42.0 Å². The third kappa shape index (κ3) is 2.53. The minimum atomic E-state index is -0.527. The van der Waals surface area contributed by atoms with Crippen LogP contribution in [0.4, 0.5) is 14.5 Å². The molecule has 1 N–H and O–H groups in total. The van der Waals surface area contributed by atoms with Gasteiger partial charge in [-0.1, -0.05) is 31.2 Å². The fourth-order valence-electron chi connectivity index (χ4n) is 2.85. The normalized spacial score (nSPS) is 21.1. The Balaban J connectivity index is 1.81. The quantitative estimate of drug-likeness (QED) is 0.865. The second-order valence-corrected chi connectivity index (χ2v) is 5.53. The topological polar surface area (TPSA) is 12.0 Å². The van der Waals surface area contributed by atoms with Crippen LogP contribution in [0.3, 0.4) is 0 Å². The monoisotopic (exact) mass is 273 g/mol. The molecule has 20 heavy (non-hydrogen) atoms. The van der Waals surface area contributed by atoms with Crippen LogP contribution in [-0.2, 0) is 12.8 Å². The Kier molecular flexibility index (Phi) is 3.43. The molecule has 3 rings (SSSR count). The highest BCUT2D eigenvalue weighted by molar-refractivity contribution is 5.54. The number of fused-ring (bicyclic) bond motifs is 1. The highest BCUT2D eigenvalue weighted by atomic mass is 19.1. The van der Waals surface area contributed by atoms with Gasteiger partial charge >= 0.3 is 0 Å². The summed E-state index contributed by atoms with van der Waals surface area (Å²) < 4.78 is 26.7. The molecule has 0 aliphatic carbocycles. The molecule has 3 heteroatoms. The molecule has 2 aromatic rings. The van der Waals surface area contributed by atoms with Crippen LogP contribution in [0.25, 0.3) is 0 Å². The first-order valence-electron chi connectivity index (χ1n) is 6.92. The molecule has 0 amide bonds. The molecule has 1 aliphatic heterocycles. The maximum atomic E-state index is 13.8. The minimum Gasteiger partial charge on any atom is -0.381 e. The summed E-state index contributed by atoms with van der Waals surface area (Å²) in [4.78, 5) is 0. The molecule has 1 nitrogen and oxygen atoms in total. The van der Waals surface area contributed by atoms with Crippen molar-refractivity contribution in [3.05, 3.63) is 65.2 Å². The molecule has 1 heterocycles. The summed E-state index contributed by atoms with van der Waals surface area (Å²) in [5.74, 6) is -0.576. The maximum absolute atomic E-state index is 13.8. The summed E-state index contributed by atoms with van der Waals surface area (Å²) >= 11 is 0. The average Bonchev–Trinajstić information content (AvgIpc) is 2.42. The van der Waals surface area contributed by atoms with E-state index in [1.807, 2.05) is 12.1 Å². The molecule has 1 aliphatic rings. The van der Waals surface area contributed by atoms with Gasteiger partial charge in [0.05, 0.1) is 0 Å². The number of nitrogens with one attached hydrogen (secondary N) is 1. The van der Waals surface area contributed by atoms with E-state index in [0.29, 0.717) is 17.9 Å². The molecule has 0 radical (unpaired) electrons. The fraction of sp³-hybridized carbons (Fsp3) is 0.294. The number of rotatable bonds is 2. The lowest BCUT2D eigenvalue weighted by molar-refractivity contribution is 0.453. The first-order valence-corrected chi connectivity index (χ1v) is 6.92. The Morgan fingerprint density at radius 2 is 1.95 bits per heavy atom. The van der Waals surface area contributed by atoms with Crippen molar-refractivity contribution < 1.29 is 8.78 Å².